The van der Waals surface area contributed by atoms with Crippen molar-refractivity contribution in [1.82, 2.24) is 9.88 Å². The number of nitrogens with zero attached hydrogens (tertiary/aromatic N) is 2. The van der Waals surface area contributed by atoms with E-state index in [9.17, 15) is 9.18 Å². The number of carboxylic acids is 1. The number of benzene rings is 1. The van der Waals surface area contributed by atoms with Crippen LogP contribution >= 0.6 is 0 Å². The highest BCUT2D eigenvalue weighted by Gasteiger charge is 2.27. The fraction of sp³-hybridized carbons (Fsp3) is 0.368. The molecule has 1 aromatic carbocycles. The number of rotatable bonds is 6. The molecule has 2 heterocycles. The van der Waals surface area contributed by atoms with Gasteiger partial charge in [0.05, 0.1) is 18.2 Å². The van der Waals surface area contributed by atoms with Crippen LogP contribution in [0.2, 0.25) is 0 Å². The molecule has 1 unspecified atom stereocenters. The van der Waals surface area contributed by atoms with Crippen molar-refractivity contribution in [3.63, 3.8) is 0 Å². The van der Waals surface area contributed by atoms with Crippen LogP contribution in [0.3, 0.4) is 0 Å². The molecule has 0 radical (unpaired) electrons. The van der Waals surface area contributed by atoms with Gasteiger partial charge in [-0.15, -0.1) is 0 Å². The van der Waals surface area contributed by atoms with Gasteiger partial charge in [-0.3, -0.25) is 14.7 Å². The van der Waals surface area contributed by atoms with Gasteiger partial charge in [-0.2, -0.15) is 0 Å². The fourth-order valence-electron chi connectivity index (χ4n) is 3.25. The molecule has 1 aliphatic rings. The van der Waals surface area contributed by atoms with Crippen LogP contribution in [0, 0.1) is 5.82 Å². The molecule has 1 fully saturated rings. The molecule has 0 spiro atoms. The normalized spacial score (nSPS) is 18.0. The maximum Gasteiger partial charge on any atom is 0.303 e. The van der Waals surface area contributed by atoms with Crippen LogP contribution in [0.15, 0.2) is 42.5 Å². The number of hydrogen-bond acceptors (Lipinski definition) is 3. The quantitative estimate of drug-likeness (QED) is 0.881. The molecule has 1 saturated heterocycles. The minimum atomic E-state index is -0.816. The van der Waals surface area contributed by atoms with Crippen LogP contribution in [0.4, 0.5) is 4.39 Å². The summed E-state index contributed by atoms with van der Waals surface area (Å²) in [6, 6.07) is 12.8. The van der Waals surface area contributed by atoms with E-state index in [2.05, 4.69) is 9.88 Å². The molecule has 1 atom stereocenters. The molecule has 1 N–H and O–H groups in total. The SMILES string of the molecule is O=C(O)CCc1cccc(C2CCCN2Cc2ccccc2F)n1. The standard InChI is InChI=1S/C19H21FN2O2/c20-16-7-2-1-5-14(16)13-22-12-4-9-18(22)17-8-3-6-15(21-17)10-11-19(23)24/h1-3,5-8,18H,4,9-13H2,(H,23,24). The first-order valence-electron chi connectivity index (χ1n) is 8.28. The van der Waals surface area contributed by atoms with Crippen molar-refractivity contribution >= 4 is 5.97 Å². The number of aliphatic carboxylic acids is 1. The largest absolute Gasteiger partial charge is 0.481 e. The molecule has 5 heteroatoms. The van der Waals surface area contributed by atoms with E-state index in [4.69, 9.17) is 5.11 Å². The summed E-state index contributed by atoms with van der Waals surface area (Å²) < 4.78 is 13.9. The van der Waals surface area contributed by atoms with E-state index in [-0.39, 0.29) is 18.3 Å². The van der Waals surface area contributed by atoms with E-state index >= 15 is 0 Å². The topological polar surface area (TPSA) is 53.4 Å². The van der Waals surface area contributed by atoms with E-state index < -0.39 is 5.97 Å². The smallest absolute Gasteiger partial charge is 0.303 e. The lowest BCUT2D eigenvalue weighted by atomic mass is 10.1. The Balaban J connectivity index is 1.74. The van der Waals surface area contributed by atoms with E-state index in [0.29, 0.717) is 18.5 Å². The van der Waals surface area contributed by atoms with Crippen LogP contribution in [0.5, 0.6) is 0 Å². The first-order valence-corrected chi connectivity index (χ1v) is 8.28. The summed E-state index contributed by atoms with van der Waals surface area (Å²) in [5.74, 6) is -0.990. The average molecular weight is 328 g/mol. The monoisotopic (exact) mass is 328 g/mol. The number of hydrogen-bond donors (Lipinski definition) is 1. The maximum atomic E-state index is 13.9. The number of carbonyl (C=O) groups is 1. The second-order valence-corrected chi connectivity index (χ2v) is 6.17. The van der Waals surface area contributed by atoms with Crippen molar-refractivity contribution in [2.45, 2.75) is 38.3 Å². The van der Waals surface area contributed by atoms with Crippen molar-refractivity contribution in [3.8, 4) is 0 Å². The highest BCUT2D eigenvalue weighted by atomic mass is 19.1. The van der Waals surface area contributed by atoms with E-state index in [0.717, 1.165) is 30.8 Å². The molecule has 24 heavy (non-hydrogen) atoms. The fourth-order valence-corrected chi connectivity index (χ4v) is 3.25. The van der Waals surface area contributed by atoms with Gasteiger partial charge in [0, 0.05) is 24.2 Å². The lowest BCUT2D eigenvalue weighted by molar-refractivity contribution is -0.136. The van der Waals surface area contributed by atoms with Crippen molar-refractivity contribution < 1.29 is 14.3 Å². The number of halogens is 1. The maximum absolute atomic E-state index is 13.9. The zero-order valence-corrected chi connectivity index (χ0v) is 13.5. The van der Waals surface area contributed by atoms with Crippen molar-refractivity contribution in [2.24, 2.45) is 0 Å². The summed E-state index contributed by atoms with van der Waals surface area (Å²) in [5, 5.41) is 8.82. The lowest BCUT2D eigenvalue weighted by Gasteiger charge is -2.24. The van der Waals surface area contributed by atoms with Gasteiger partial charge < -0.3 is 5.11 Å². The number of aromatic nitrogens is 1. The summed E-state index contributed by atoms with van der Waals surface area (Å²) in [4.78, 5) is 17.6. The Bertz CT molecular complexity index is 720. The minimum absolute atomic E-state index is 0.0834. The number of carboxylic acid groups (broad SMARTS) is 1. The van der Waals surface area contributed by atoms with Gasteiger partial charge in [-0.25, -0.2) is 4.39 Å². The molecule has 0 amide bonds. The van der Waals surface area contributed by atoms with Gasteiger partial charge in [0.1, 0.15) is 5.82 Å². The van der Waals surface area contributed by atoms with Crippen LogP contribution < -0.4 is 0 Å². The molecule has 126 valence electrons. The molecule has 4 nitrogen and oxygen atoms in total. The molecule has 0 saturated carbocycles. The highest BCUT2D eigenvalue weighted by Crippen LogP contribution is 2.32. The molecule has 1 aliphatic heterocycles. The second kappa shape index (κ2) is 7.53. The zero-order valence-electron chi connectivity index (χ0n) is 13.5. The Morgan fingerprint density at radius 1 is 1.25 bits per heavy atom. The Morgan fingerprint density at radius 3 is 2.88 bits per heavy atom. The number of likely N-dealkylation sites (tertiary alicyclic amines) is 1. The summed E-state index contributed by atoms with van der Waals surface area (Å²) in [6.07, 6.45) is 2.56. The van der Waals surface area contributed by atoms with Gasteiger partial charge in [0.25, 0.3) is 0 Å². The average Bonchev–Trinajstić information content (AvgIpc) is 3.03. The van der Waals surface area contributed by atoms with E-state index in [1.165, 1.54) is 6.07 Å². The molecule has 2 aromatic rings. The van der Waals surface area contributed by atoms with Crippen LogP contribution in [-0.2, 0) is 17.8 Å². The predicted molar refractivity (Wildman–Crippen MR) is 89.0 cm³/mol. The molecule has 0 bridgehead atoms. The third-order valence-corrected chi connectivity index (χ3v) is 4.46. The molecule has 1 aromatic heterocycles. The van der Waals surface area contributed by atoms with Gasteiger partial charge in [0.2, 0.25) is 0 Å². The van der Waals surface area contributed by atoms with Crippen molar-refractivity contribution in [2.75, 3.05) is 6.54 Å². The lowest BCUT2D eigenvalue weighted by Crippen LogP contribution is -2.24. The predicted octanol–water partition coefficient (Wildman–Crippen LogP) is 3.58. The highest BCUT2D eigenvalue weighted by molar-refractivity contribution is 5.66. The first kappa shape index (κ1) is 16.6. The van der Waals surface area contributed by atoms with E-state index in [1.54, 1.807) is 6.07 Å². The van der Waals surface area contributed by atoms with Crippen LogP contribution in [0.1, 0.15) is 42.3 Å². The number of pyridine rings is 1. The zero-order chi connectivity index (χ0) is 16.9. The second-order valence-electron chi connectivity index (χ2n) is 6.17. The summed E-state index contributed by atoms with van der Waals surface area (Å²) in [5.41, 5.74) is 2.45. The van der Waals surface area contributed by atoms with Gasteiger partial charge in [-0.05, 0) is 37.6 Å². The Hall–Kier alpha value is -2.27. The van der Waals surface area contributed by atoms with Crippen molar-refractivity contribution in [3.05, 3.63) is 65.2 Å². The summed E-state index contributed by atoms with van der Waals surface area (Å²) >= 11 is 0. The Labute approximate surface area is 141 Å². The summed E-state index contributed by atoms with van der Waals surface area (Å²) in [6.45, 7) is 1.48. The Morgan fingerprint density at radius 2 is 2.08 bits per heavy atom. The van der Waals surface area contributed by atoms with Gasteiger partial charge >= 0.3 is 5.97 Å². The van der Waals surface area contributed by atoms with E-state index in [1.807, 2.05) is 30.3 Å². The molecular weight excluding hydrogens is 307 g/mol. The van der Waals surface area contributed by atoms with Crippen LogP contribution in [-0.4, -0.2) is 27.5 Å². The molecular formula is C19H21FN2O2. The Kier molecular flexibility index (Phi) is 5.20. The summed E-state index contributed by atoms with van der Waals surface area (Å²) in [7, 11) is 0. The minimum Gasteiger partial charge on any atom is -0.481 e. The first-order chi connectivity index (χ1) is 11.6. The van der Waals surface area contributed by atoms with Crippen molar-refractivity contribution in [1.29, 1.82) is 0 Å². The molecule has 0 aliphatic carbocycles. The molecule has 3 rings (SSSR count). The van der Waals surface area contributed by atoms with Crippen LogP contribution in [0.25, 0.3) is 0 Å². The van der Waals surface area contributed by atoms with Gasteiger partial charge in [0.15, 0.2) is 0 Å². The third kappa shape index (κ3) is 3.97. The number of aryl methyl sites for hydroxylation is 1. The third-order valence-electron chi connectivity index (χ3n) is 4.46. The van der Waals surface area contributed by atoms with Gasteiger partial charge in [-0.1, -0.05) is 24.3 Å².